The first-order valence-electron chi connectivity index (χ1n) is 6.78. The molecule has 1 aliphatic heterocycles. The molecule has 3 rings (SSSR count). The average molecular weight is 267 g/mol. The van der Waals surface area contributed by atoms with Gasteiger partial charge in [0.2, 0.25) is 0 Å². The van der Waals surface area contributed by atoms with Gasteiger partial charge in [0.1, 0.15) is 5.69 Å². The molecule has 1 aromatic carbocycles. The fraction of sp³-hybridized carbons (Fsp3) is 0.250. The highest BCUT2D eigenvalue weighted by atomic mass is 16.2. The SMILES string of the molecule is Cc1ccc2c(c1)CCCN2C(=O)c1cc(N)ccn1. The molecule has 0 saturated heterocycles. The summed E-state index contributed by atoms with van der Waals surface area (Å²) >= 11 is 0. The summed E-state index contributed by atoms with van der Waals surface area (Å²) in [5, 5.41) is 0. The number of carbonyl (C=O) groups excluding carboxylic acids is 1. The van der Waals surface area contributed by atoms with Gasteiger partial charge in [-0.2, -0.15) is 0 Å². The lowest BCUT2D eigenvalue weighted by Crippen LogP contribution is -2.36. The third-order valence-corrected chi connectivity index (χ3v) is 3.60. The van der Waals surface area contributed by atoms with Crippen molar-refractivity contribution in [2.75, 3.05) is 17.2 Å². The predicted molar refractivity (Wildman–Crippen MR) is 79.8 cm³/mol. The summed E-state index contributed by atoms with van der Waals surface area (Å²) in [4.78, 5) is 18.5. The van der Waals surface area contributed by atoms with Crippen LogP contribution >= 0.6 is 0 Å². The molecule has 0 atom stereocenters. The normalized spacial score (nSPS) is 13.9. The number of hydrogen-bond donors (Lipinski definition) is 1. The number of aromatic nitrogens is 1. The molecule has 0 fully saturated rings. The molecule has 2 aromatic rings. The molecular weight excluding hydrogens is 250 g/mol. The van der Waals surface area contributed by atoms with E-state index >= 15 is 0 Å². The molecular formula is C16H17N3O. The van der Waals surface area contributed by atoms with Crippen LogP contribution in [-0.4, -0.2) is 17.4 Å². The van der Waals surface area contributed by atoms with Gasteiger partial charge in [0.05, 0.1) is 0 Å². The van der Waals surface area contributed by atoms with E-state index < -0.39 is 0 Å². The van der Waals surface area contributed by atoms with E-state index in [0.29, 0.717) is 11.4 Å². The van der Waals surface area contributed by atoms with Gasteiger partial charge in [-0.05, 0) is 43.5 Å². The van der Waals surface area contributed by atoms with Crippen molar-refractivity contribution in [3.05, 3.63) is 53.3 Å². The summed E-state index contributed by atoms with van der Waals surface area (Å²) in [5.74, 6) is -0.0814. The molecule has 0 bridgehead atoms. The topological polar surface area (TPSA) is 59.2 Å². The van der Waals surface area contributed by atoms with Crippen molar-refractivity contribution < 1.29 is 4.79 Å². The van der Waals surface area contributed by atoms with E-state index in [9.17, 15) is 4.79 Å². The van der Waals surface area contributed by atoms with Crippen LogP contribution in [0.5, 0.6) is 0 Å². The molecule has 0 radical (unpaired) electrons. The van der Waals surface area contributed by atoms with E-state index in [1.807, 2.05) is 12.1 Å². The van der Waals surface area contributed by atoms with Crippen LogP contribution in [0.2, 0.25) is 0 Å². The Kier molecular flexibility index (Phi) is 3.14. The van der Waals surface area contributed by atoms with Crippen molar-refractivity contribution in [3.63, 3.8) is 0 Å². The number of fused-ring (bicyclic) bond motifs is 1. The van der Waals surface area contributed by atoms with Gasteiger partial charge < -0.3 is 10.6 Å². The van der Waals surface area contributed by atoms with Crippen molar-refractivity contribution in [2.24, 2.45) is 0 Å². The Morgan fingerprint density at radius 3 is 2.95 bits per heavy atom. The number of nitrogens with zero attached hydrogens (tertiary/aromatic N) is 2. The second-order valence-electron chi connectivity index (χ2n) is 5.17. The van der Waals surface area contributed by atoms with Crippen molar-refractivity contribution >= 4 is 17.3 Å². The van der Waals surface area contributed by atoms with Crippen LogP contribution in [0.4, 0.5) is 11.4 Å². The van der Waals surface area contributed by atoms with Gasteiger partial charge in [0, 0.05) is 24.1 Å². The lowest BCUT2D eigenvalue weighted by Gasteiger charge is -2.29. The maximum atomic E-state index is 12.6. The van der Waals surface area contributed by atoms with Gasteiger partial charge >= 0.3 is 0 Å². The maximum absolute atomic E-state index is 12.6. The molecule has 0 aliphatic carbocycles. The minimum atomic E-state index is -0.0814. The second-order valence-corrected chi connectivity index (χ2v) is 5.17. The lowest BCUT2D eigenvalue weighted by atomic mass is 9.99. The number of benzene rings is 1. The standard InChI is InChI=1S/C16H17N3O/c1-11-4-5-15-12(9-11)3-2-8-19(15)16(20)14-10-13(17)6-7-18-14/h4-7,9-10H,2-3,8H2,1H3,(H2,17,18). The van der Waals surface area contributed by atoms with Crippen LogP contribution in [0, 0.1) is 6.92 Å². The van der Waals surface area contributed by atoms with Crippen LogP contribution in [0.25, 0.3) is 0 Å². The van der Waals surface area contributed by atoms with Gasteiger partial charge in [-0.3, -0.25) is 9.78 Å². The number of aryl methyl sites for hydroxylation is 2. The van der Waals surface area contributed by atoms with E-state index in [0.717, 1.165) is 25.1 Å². The maximum Gasteiger partial charge on any atom is 0.276 e. The minimum absolute atomic E-state index is 0.0814. The third kappa shape index (κ3) is 2.25. The first-order chi connectivity index (χ1) is 9.65. The minimum Gasteiger partial charge on any atom is -0.399 e. The first kappa shape index (κ1) is 12.7. The summed E-state index contributed by atoms with van der Waals surface area (Å²) in [6.45, 7) is 2.80. The number of nitrogen functional groups attached to an aromatic ring is 1. The molecule has 20 heavy (non-hydrogen) atoms. The first-order valence-corrected chi connectivity index (χ1v) is 6.78. The fourth-order valence-corrected chi connectivity index (χ4v) is 2.64. The smallest absolute Gasteiger partial charge is 0.276 e. The predicted octanol–water partition coefficient (Wildman–Crippen LogP) is 2.57. The quantitative estimate of drug-likeness (QED) is 0.863. The molecule has 0 spiro atoms. The van der Waals surface area contributed by atoms with E-state index in [1.54, 1.807) is 23.2 Å². The Balaban J connectivity index is 1.98. The van der Waals surface area contributed by atoms with E-state index in [1.165, 1.54) is 11.1 Å². The monoisotopic (exact) mass is 267 g/mol. The van der Waals surface area contributed by atoms with Gasteiger partial charge in [0.25, 0.3) is 5.91 Å². The zero-order chi connectivity index (χ0) is 14.1. The zero-order valence-corrected chi connectivity index (χ0v) is 11.5. The van der Waals surface area contributed by atoms with E-state index in [-0.39, 0.29) is 5.91 Å². The Bertz CT molecular complexity index is 667. The molecule has 0 saturated carbocycles. The van der Waals surface area contributed by atoms with Crippen molar-refractivity contribution in [1.82, 2.24) is 4.98 Å². The molecule has 0 unspecified atom stereocenters. The van der Waals surface area contributed by atoms with Gasteiger partial charge in [0.15, 0.2) is 0 Å². The molecule has 2 N–H and O–H groups in total. The number of carbonyl (C=O) groups is 1. The van der Waals surface area contributed by atoms with Crippen LogP contribution in [-0.2, 0) is 6.42 Å². The second kappa shape index (κ2) is 4.96. The van der Waals surface area contributed by atoms with Crippen molar-refractivity contribution in [3.8, 4) is 0 Å². The Hall–Kier alpha value is -2.36. The number of amides is 1. The Morgan fingerprint density at radius 1 is 1.30 bits per heavy atom. The molecule has 1 aliphatic rings. The Labute approximate surface area is 118 Å². The van der Waals surface area contributed by atoms with Crippen LogP contribution in [0.1, 0.15) is 28.0 Å². The molecule has 4 nitrogen and oxygen atoms in total. The van der Waals surface area contributed by atoms with Crippen LogP contribution in [0.3, 0.4) is 0 Å². The van der Waals surface area contributed by atoms with E-state index in [2.05, 4.69) is 18.0 Å². The number of anilines is 2. The number of nitrogens with two attached hydrogens (primary N) is 1. The highest BCUT2D eigenvalue weighted by Gasteiger charge is 2.24. The highest BCUT2D eigenvalue weighted by molar-refractivity contribution is 6.05. The summed E-state index contributed by atoms with van der Waals surface area (Å²) < 4.78 is 0. The summed E-state index contributed by atoms with van der Waals surface area (Å²) in [6.07, 6.45) is 3.57. The molecule has 1 aromatic heterocycles. The highest BCUT2D eigenvalue weighted by Crippen LogP contribution is 2.29. The number of rotatable bonds is 1. The molecule has 102 valence electrons. The third-order valence-electron chi connectivity index (χ3n) is 3.60. The molecule has 2 heterocycles. The van der Waals surface area contributed by atoms with Crippen LogP contribution in [0.15, 0.2) is 36.5 Å². The van der Waals surface area contributed by atoms with E-state index in [4.69, 9.17) is 5.73 Å². The fourth-order valence-electron chi connectivity index (χ4n) is 2.64. The van der Waals surface area contributed by atoms with Crippen LogP contribution < -0.4 is 10.6 Å². The van der Waals surface area contributed by atoms with Crippen molar-refractivity contribution in [2.45, 2.75) is 19.8 Å². The zero-order valence-electron chi connectivity index (χ0n) is 11.5. The molecule has 4 heteroatoms. The number of hydrogen-bond acceptors (Lipinski definition) is 3. The average Bonchev–Trinajstić information content (AvgIpc) is 2.45. The summed E-state index contributed by atoms with van der Waals surface area (Å²) in [6, 6.07) is 9.53. The largest absolute Gasteiger partial charge is 0.399 e. The van der Waals surface area contributed by atoms with Gasteiger partial charge in [-0.25, -0.2) is 0 Å². The summed E-state index contributed by atoms with van der Waals surface area (Å²) in [5.41, 5.74) is 10.1. The van der Waals surface area contributed by atoms with Gasteiger partial charge in [-0.1, -0.05) is 17.7 Å². The van der Waals surface area contributed by atoms with Gasteiger partial charge in [-0.15, -0.1) is 0 Å². The van der Waals surface area contributed by atoms with Crippen molar-refractivity contribution in [1.29, 1.82) is 0 Å². The number of pyridine rings is 1. The Morgan fingerprint density at radius 2 is 2.15 bits per heavy atom. The summed E-state index contributed by atoms with van der Waals surface area (Å²) in [7, 11) is 0. The molecule has 1 amide bonds. The lowest BCUT2D eigenvalue weighted by molar-refractivity contribution is 0.0980.